The molecule has 0 atom stereocenters. The molecule has 0 radical (unpaired) electrons. The first-order valence-corrected chi connectivity index (χ1v) is 10.3. The van der Waals surface area contributed by atoms with Crippen LogP contribution in [0.5, 0.6) is 0 Å². The van der Waals surface area contributed by atoms with Gasteiger partial charge >= 0.3 is 12.2 Å². The number of anilines is 2. The van der Waals surface area contributed by atoms with Crippen molar-refractivity contribution in [3.63, 3.8) is 0 Å². The third-order valence-corrected chi connectivity index (χ3v) is 5.50. The van der Waals surface area contributed by atoms with E-state index < -0.39 is 17.3 Å². The average Bonchev–Trinajstić information content (AvgIpc) is 2.80. The van der Waals surface area contributed by atoms with E-state index in [0.29, 0.717) is 49.0 Å². The van der Waals surface area contributed by atoms with Crippen LogP contribution in [0, 0.1) is 0 Å². The molecule has 1 aromatic carbocycles. The van der Waals surface area contributed by atoms with Gasteiger partial charge in [-0.2, -0.15) is 13.2 Å². The number of fused-ring (bicyclic) bond motifs is 1. The summed E-state index contributed by atoms with van der Waals surface area (Å²) in [4.78, 5) is 31.3. The van der Waals surface area contributed by atoms with Crippen LogP contribution in [-0.4, -0.2) is 53.9 Å². The summed E-state index contributed by atoms with van der Waals surface area (Å²) >= 11 is 6.07. The number of ether oxygens (including phenoxy) is 1. The van der Waals surface area contributed by atoms with E-state index >= 15 is 0 Å². The summed E-state index contributed by atoms with van der Waals surface area (Å²) in [6.07, 6.45) is -2.58. The number of urea groups is 1. The smallest absolute Gasteiger partial charge is 0.378 e. The Labute approximate surface area is 191 Å². The molecule has 1 saturated heterocycles. The Kier molecular flexibility index (Phi) is 6.17. The van der Waals surface area contributed by atoms with Gasteiger partial charge in [0.1, 0.15) is 0 Å². The molecule has 2 aromatic heterocycles. The highest BCUT2D eigenvalue weighted by Crippen LogP contribution is 2.33. The molecule has 2 amide bonds. The molecule has 12 heteroatoms. The van der Waals surface area contributed by atoms with Gasteiger partial charge in [-0.05, 0) is 12.1 Å². The lowest BCUT2D eigenvalue weighted by atomic mass is 10.1. The molecular weight excluding hydrogens is 463 g/mol. The molecule has 0 aliphatic carbocycles. The highest BCUT2D eigenvalue weighted by atomic mass is 35.5. The summed E-state index contributed by atoms with van der Waals surface area (Å²) in [7, 11) is 1.44. The van der Waals surface area contributed by atoms with E-state index in [0.717, 1.165) is 10.7 Å². The Bertz CT molecular complexity index is 1260. The zero-order chi connectivity index (χ0) is 23.8. The second-order valence-electron chi connectivity index (χ2n) is 7.32. The van der Waals surface area contributed by atoms with Crippen molar-refractivity contribution >= 4 is 39.9 Å². The number of halogens is 4. The third-order valence-electron chi connectivity index (χ3n) is 5.23. The van der Waals surface area contributed by atoms with Crippen molar-refractivity contribution in [3.8, 4) is 0 Å². The first-order valence-electron chi connectivity index (χ1n) is 9.91. The van der Waals surface area contributed by atoms with Crippen molar-refractivity contribution < 1.29 is 22.7 Å². The van der Waals surface area contributed by atoms with Crippen LogP contribution in [0.15, 0.2) is 47.5 Å². The van der Waals surface area contributed by atoms with Crippen molar-refractivity contribution in [1.82, 2.24) is 14.6 Å². The fraction of sp³-hybridized carbons (Fsp3) is 0.286. The molecule has 174 valence electrons. The maximum absolute atomic E-state index is 13.2. The highest BCUT2D eigenvalue weighted by molar-refractivity contribution is 6.33. The van der Waals surface area contributed by atoms with E-state index in [9.17, 15) is 22.8 Å². The van der Waals surface area contributed by atoms with E-state index in [1.165, 1.54) is 18.3 Å². The molecule has 1 fully saturated rings. The van der Waals surface area contributed by atoms with E-state index in [4.69, 9.17) is 16.3 Å². The quantitative estimate of drug-likeness (QED) is 0.615. The summed E-state index contributed by atoms with van der Waals surface area (Å²) in [6.45, 7) is 1.70. The van der Waals surface area contributed by atoms with Crippen LogP contribution in [0.1, 0.15) is 5.56 Å². The van der Waals surface area contributed by atoms with E-state index in [2.05, 4.69) is 10.3 Å². The van der Waals surface area contributed by atoms with Gasteiger partial charge in [-0.25, -0.2) is 14.5 Å². The van der Waals surface area contributed by atoms with Gasteiger partial charge in [-0.3, -0.25) is 9.80 Å². The van der Waals surface area contributed by atoms with Crippen molar-refractivity contribution in [2.45, 2.75) is 6.18 Å². The number of hydrogen-bond acceptors (Lipinski definition) is 5. The van der Waals surface area contributed by atoms with Crippen LogP contribution in [0.3, 0.4) is 0 Å². The Morgan fingerprint density at radius 3 is 2.52 bits per heavy atom. The summed E-state index contributed by atoms with van der Waals surface area (Å²) in [5.74, 6) is -0.0625. The fourth-order valence-electron chi connectivity index (χ4n) is 3.49. The van der Waals surface area contributed by atoms with Crippen molar-refractivity contribution in [2.75, 3.05) is 43.7 Å². The maximum atomic E-state index is 13.2. The molecule has 4 rings (SSSR count). The lowest BCUT2D eigenvalue weighted by Crippen LogP contribution is -2.43. The molecule has 1 aliphatic rings. The number of carbonyl (C=O) groups is 1. The van der Waals surface area contributed by atoms with Crippen molar-refractivity contribution in [3.05, 3.63) is 63.7 Å². The monoisotopic (exact) mass is 481 g/mol. The van der Waals surface area contributed by atoms with Gasteiger partial charge in [0.25, 0.3) is 5.56 Å². The van der Waals surface area contributed by atoms with Gasteiger partial charge in [-0.15, -0.1) is 0 Å². The first-order chi connectivity index (χ1) is 15.7. The Hall–Kier alpha value is -3.31. The van der Waals surface area contributed by atoms with Crippen LogP contribution < -0.4 is 15.9 Å². The molecule has 0 saturated carbocycles. The van der Waals surface area contributed by atoms with E-state index in [1.54, 1.807) is 29.2 Å². The predicted molar refractivity (Wildman–Crippen MR) is 118 cm³/mol. The molecule has 3 aromatic rings. The van der Waals surface area contributed by atoms with Crippen LogP contribution >= 0.6 is 11.6 Å². The van der Waals surface area contributed by atoms with Gasteiger partial charge in [0.15, 0.2) is 5.82 Å². The number of aromatic nitrogens is 2. The van der Waals surface area contributed by atoms with Crippen LogP contribution in [0.2, 0.25) is 5.02 Å². The summed E-state index contributed by atoms with van der Waals surface area (Å²) in [5, 5.41) is 4.57. The van der Waals surface area contributed by atoms with Gasteiger partial charge in [-0.1, -0.05) is 29.8 Å². The number of hydrogen-bond donors (Lipinski definition) is 1. The van der Waals surface area contributed by atoms with Gasteiger partial charge in [0, 0.05) is 31.7 Å². The zero-order valence-electron chi connectivity index (χ0n) is 17.4. The normalized spacial score (nSPS) is 14.4. The number of benzene rings is 1. The Morgan fingerprint density at radius 2 is 1.88 bits per heavy atom. The third kappa shape index (κ3) is 4.60. The number of amides is 2. The molecule has 0 bridgehead atoms. The average molecular weight is 482 g/mol. The van der Waals surface area contributed by atoms with Crippen molar-refractivity contribution in [2.24, 2.45) is 0 Å². The van der Waals surface area contributed by atoms with Crippen LogP contribution in [-0.2, 0) is 10.9 Å². The predicted octanol–water partition coefficient (Wildman–Crippen LogP) is 3.83. The van der Waals surface area contributed by atoms with Crippen LogP contribution in [0.4, 0.5) is 29.5 Å². The maximum Gasteiger partial charge on any atom is 0.417 e. The molecule has 33 heavy (non-hydrogen) atoms. The number of nitrogens with zero attached hydrogens (tertiary/aromatic N) is 4. The van der Waals surface area contributed by atoms with E-state index in [-0.39, 0.29) is 16.9 Å². The Morgan fingerprint density at radius 1 is 1.21 bits per heavy atom. The summed E-state index contributed by atoms with van der Waals surface area (Å²) in [5.41, 5.74) is -1.12. The second kappa shape index (κ2) is 8.91. The molecular formula is C21H19ClF3N5O3. The molecule has 0 unspecified atom stereocenters. The number of pyridine rings is 2. The topological polar surface area (TPSA) is 79.7 Å². The zero-order valence-corrected chi connectivity index (χ0v) is 18.2. The molecule has 8 nitrogen and oxygen atoms in total. The largest absolute Gasteiger partial charge is 0.417 e. The van der Waals surface area contributed by atoms with Gasteiger partial charge < -0.3 is 15.0 Å². The standard InChI is InChI=1S/C21H19ClF3N5O3/c1-28(18-16(22)10-13(11-26-18)21(23,24)25)30-12-17(14-4-2-3-5-15(14)19(30)31)27-20(32)29-6-8-33-9-7-29/h2-5,10-12H,6-9H2,1H3,(H,27,32). The van der Waals surface area contributed by atoms with Crippen LogP contribution in [0.25, 0.3) is 10.8 Å². The number of alkyl halides is 3. The lowest BCUT2D eigenvalue weighted by molar-refractivity contribution is -0.137. The number of nitrogens with one attached hydrogen (secondary N) is 1. The van der Waals surface area contributed by atoms with Gasteiger partial charge in [0.2, 0.25) is 0 Å². The molecule has 1 N–H and O–H groups in total. The minimum atomic E-state index is -4.61. The summed E-state index contributed by atoms with van der Waals surface area (Å²) < 4.78 is 45.3. The van der Waals surface area contributed by atoms with E-state index in [1.807, 2.05) is 0 Å². The Balaban J connectivity index is 1.76. The minimum absolute atomic E-state index is 0.0625. The SMILES string of the molecule is CN(c1ncc(C(F)(F)F)cc1Cl)n1cc(NC(=O)N2CCOCC2)c2ccccc2c1=O. The number of rotatable bonds is 3. The summed E-state index contributed by atoms with van der Waals surface area (Å²) in [6, 6.07) is 7.07. The molecule has 3 heterocycles. The fourth-order valence-corrected chi connectivity index (χ4v) is 3.78. The first kappa shape index (κ1) is 22.9. The number of carbonyl (C=O) groups excluding carboxylic acids is 1. The van der Waals surface area contributed by atoms with Gasteiger partial charge in [0.05, 0.1) is 41.1 Å². The number of morpholine rings is 1. The minimum Gasteiger partial charge on any atom is -0.378 e. The molecule has 1 aliphatic heterocycles. The highest BCUT2D eigenvalue weighted by Gasteiger charge is 2.32. The molecule has 0 spiro atoms. The lowest BCUT2D eigenvalue weighted by Gasteiger charge is -2.28. The second-order valence-corrected chi connectivity index (χ2v) is 7.73. The van der Waals surface area contributed by atoms with Crippen molar-refractivity contribution in [1.29, 1.82) is 0 Å².